The van der Waals surface area contributed by atoms with Crippen molar-refractivity contribution in [3.63, 3.8) is 0 Å². The van der Waals surface area contributed by atoms with E-state index >= 15 is 0 Å². The molecule has 6 heteroatoms. The SMILES string of the molecule is CN=C(NCCc1ccco1)NCC(C)(C)SC.I. The van der Waals surface area contributed by atoms with Crippen LogP contribution in [0.5, 0.6) is 0 Å². The maximum absolute atomic E-state index is 5.28. The lowest BCUT2D eigenvalue weighted by Gasteiger charge is -2.23. The van der Waals surface area contributed by atoms with Gasteiger partial charge in [0.15, 0.2) is 5.96 Å². The average molecular weight is 397 g/mol. The molecular weight excluding hydrogens is 373 g/mol. The van der Waals surface area contributed by atoms with Gasteiger partial charge in [0.2, 0.25) is 0 Å². The molecule has 0 aliphatic carbocycles. The molecule has 0 unspecified atom stereocenters. The summed E-state index contributed by atoms with van der Waals surface area (Å²) in [6.07, 6.45) is 4.68. The predicted molar refractivity (Wildman–Crippen MR) is 94.8 cm³/mol. The molecule has 0 spiro atoms. The van der Waals surface area contributed by atoms with Crippen molar-refractivity contribution in [3.05, 3.63) is 24.2 Å². The minimum atomic E-state index is 0. The van der Waals surface area contributed by atoms with Crippen LogP contribution in [0.15, 0.2) is 27.8 Å². The van der Waals surface area contributed by atoms with Gasteiger partial charge in [-0.25, -0.2) is 0 Å². The molecule has 0 fully saturated rings. The first-order valence-corrected chi connectivity index (χ1v) is 7.32. The zero-order valence-corrected chi connectivity index (χ0v) is 15.2. The van der Waals surface area contributed by atoms with E-state index in [1.165, 1.54) is 0 Å². The summed E-state index contributed by atoms with van der Waals surface area (Å²) in [4.78, 5) is 4.20. The van der Waals surface area contributed by atoms with E-state index in [4.69, 9.17) is 4.42 Å². The first-order chi connectivity index (χ1) is 8.57. The van der Waals surface area contributed by atoms with Crippen LogP contribution in [0.2, 0.25) is 0 Å². The molecule has 0 aliphatic heterocycles. The third kappa shape index (κ3) is 7.71. The summed E-state index contributed by atoms with van der Waals surface area (Å²) < 4.78 is 5.48. The van der Waals surface area contributed by atoms with Gasteiger partial charge in [0.25, 0.3) is 0 Å². The van der Waals surface area contributed by atoms with Gasteiger partial charge >= 0.3 is 0 Å². The van der Waals surface area contributed by atoms with Gasteiger partial charge in [0.1, 0.15) is 5.76 Å². The van der Waals surface area contributed by atoms with Gasteiger partial charge in [0.05, 0.1) is 6.26 Å². The molecule has 0 aliphatic rings. The van der Waals surface area contributed by atoms with Crippen molar-refractivity contribution in [2.24, 2.45) is 4.99 Å². The van der Waals surface area contributed by atoms with Crippen LogP contribution < -0.4 is 10.6 Å². The maximum Gasteiger partial charge on any atom is 0.191 e. The highest BCUT2D eigenvalue weighted by molar-refractivity contribution is 14.0. The Morgan fingerprint density at radius 1 is 1.42 bits per heavy atom. The lowest BCUT2D eigenvalue weighted by molar-refractivity contribution is 0.506. The second-order valence-electron chi connectivity index (χ2n) is 4.65. The van der Waals surface area contributed by atoms with E-state index in [9.17, 15) is 0 Å². The second-order valence-corrected chi connectivity index (χ2v) is 6.16. The lowest BCUT2D eigenvalue weighted by atomic mass is 10.2. The largest absolute Gasteiger partial charge is 0.469 e. The van der Waals surface area contributed by atoms with Crippen LogP contribution in [0.1, 0.15) is 19.6 Å². The number of aliphatic imine (C=N–C) groups is 1. The molecule has 2 N–H and O–H groups in total. The van der Waals surface area contributed by atoms with Crippen LogP contribution in [0.4, 0.5) is 0 Å². The van der Waals surface area contributed by atoms with Crippen molar-refractivity contribution < 1.29 is 4.42 Å². The van der Waals surface area contributed by atoms with Gasteiger partial charge in [-0.1, -0.05) is 0 Å². The molecule has 0 radical (unpaired) electrons. The van der Waals surface area contributed by atoms with Crippen LogP contribution in [0, 0.1) is 0 Å². The van der Waals surface area contributed by atoms with Crippen LogP contribution in [-0.4, -0.2) is 37.1 Å². The number of hydrogen-bond acceptors (Lipinski definition) is 3. The highest BCUT2D eigenvalue weighted by Gasteiger charge is 2.15. The van der Waals surface area contributed by atoms with E-state index in [2.05, 4.69) is 35.7 Å². The summed E-state index contributed by atoms with van der Waals surface area (Å²) in [7, 11) is 1.79. The monoisotopic (exact) mass is 397 g/mol. The van der Waals surface area contributed by atoms with E-state index in [0.29, 0.717) is 0 Å². The van der Waals surface area contributed by atoms with E-state index in [1.807, 2.05) is 23.9 Å². The molecule has 1 heterocycles. The molecule has 4 nitrogen and oxygen atoms in total. The van der Waals surface area contributed by atoms with Crippen molar-refractivity contribution in [2.75, 3.05) is 26.4 Å². The van der Waals surface area contributed by atoms with Gasteiger partial charge in [-0.2, -0.15) is 11.8 Å². The van der Waals surface area contributed by atoms with Crippen molar-refractivity contribution in [3.8, 4) is 0 Å². The molecule has 0 atom stereocenters. The Balaban J connectivity index is 0.00000324. The van der Waals surface area contributed by atoms with E-state index in [0.717, 1.165) is 31.2 Å². The molecule has 1 aromatic heterocycles. The Morgan fingerprint density at radius 3 is 2.68 bits per heavy atom. The first-order valence-electron chi connectivity index (χ1n) is 6.09. The normalized spacial score (nSPS) is 11.9. The molecule has 0 saturated carbocycles. The first kappa shape index (κ1) is 18.6. The zero-order chi connectivity index (χ0) is 13.4. The van der Waals surface area contributed by atoms with E-state index in [-0.39, 0.29) is 28.7 Å². The highest BCUT2D eigenvalue weighted by Crippen LogP contribution is 2.19. The fourth-order valence-corrected chi connectivity index (χ4v) is 1.56. The number of thioether (sulfide) groups is 1. The van der Waals surface area contributed by atoms with Crippen LogP contribution in [0.25, 0.3) is 0 Å². The third-order valence-corrected chi connectivity index (χ3v) is 3.95. The van der Waals surface area contributed by atoms with Gasteiger partial charge in [-0.3, -0.25) is 4.99 Å². The fourth-order valence-electron chi connectivity index (χ4n) is 1.35. The van der Waals surface area contributed by atoms with Gasteiger partial charge in [-0.05, 0) is 32.2 Å². The summed E-state index contributed by atoms with van der Waals surface area (Å²) >= 11 is 1.84. The summed E-state index contributed by atoms with van der Waals surface area (Å²) in [5, 5.41) is 6.60. The number of nitrogens with one attached hydrogen (secondary N) is 2. The van der Waals surface area contributed by atoms with E-state index < -0.39 is 0 Å². The minimum absolute atomic E-state index is 0. The molecule has 0 bridgehead atoms. The van der Waals surface area contributed by atoms with Crippen molar-refractivity contribution in [2.45, 2.75) is 25.0 Å². The molecule has 0 saturated heterocycles. The van der Waals surface area contributed by atoms with Crippen LogP contribution >= 0.6 is 35.7 Å². The Kier molecular flexibility index (Phi) is 9.34. The molecule has 0 aromatic carbocycles. The predicted octanol–water partition coefficient (Wildman–Crippen LogP) is 2.75. The minimum Gasteiger partial charge on any atom is -0.469 e. The highest BCUT2D eigenvalue weighted by atomic mass is 127. The maximum atomic E-state index is 5.28. The lowest BCUT2D eigenvalue weighted by Crippen LogP contribution is -2.43. The average Bonchev–Trinajstić information content (AvgIpc) is 2.86. The molecule has 110 valence electrons. The smallest absolute Gasteiger partial charge is 0.191 e. The van der Waals surface area contributed by atoms with Gasteiger partial charge < -0.3 is 15.1 Å². The molecule has 0 amide bonds. The second kappa shape index (κ2) is 9.52. The number of furan rings is 1. The fraction of sp³-hybridized carbons (Fsp3) is 0.615. The Hall–Kier alpha value is -0.370. The van der Waals surface area contributed by atoms with Crippen LogP contribution in [-0.2, 0) is 6.42 Å². The van der Waals surface area contributed by atoms with Crippen LogP contribution in [0.3, 0.4) is 0 Å². The Labute approximate surface area is 137 Å². The summed E-state index contributed by atoms with van der Waals surface area (Å²) in [5.74, 6) is 1.83. The number of rotatable bonds is 6. The standard InChI is InChI=1S/C13H23N3OS.HI/c1-13(2,18-4)10-16-12(14-3)15-8-7-11-6-5-9-17-11;/h5-6,9H,7-8,10H2,1-4H3,(H2,14,15,16);1H. The number of hydrogen-bond donors (Lipinski definition) is 2. The summed E-state index contributed by atoms with van der Waals surface area (Å²) in [6, 6.07) is 3.89. The van der Waals surface area contributed by atoms with E-state index in [1.54, 1.807) is 13.3 Å². The molecule has 1 rings (SSSR count). The summed E-state index contributed by atoms with van der Waals surface area (Å²) in [5.41, 5.74) is 0. The zero-order valence-electron chi connectivity index (χ0n) is 12.0. The van der Waals surface area contributed by atoms with Gasteiger partial charge in [-0.15, -0.1) is 24.0 Å². The number of guanidine groups is 1. The topological polar surface area (TPSA) is 49.6 Å². The molecule has 1 aromatic rings. The molecular formula is C13H24IN3OS. The third-order valence-electron chi connectivity index (χ3n) is 2.70. The number of nitrogens with zero attached hydrogens (tertiary/aromatic N) is 1. The van der Waals surface area contributed by atoms with Gasteiger partial charge in [0, 0.05) is 31.3 Å². The van der Waals surface area contributed by atoms with Crippen molar-refractivity contribution >= 4 is 41.7 Å². The molecule has 19 heavy (non-hydrogen) atoms. The number of halogens is 1. The Morgan fingerprint density at radius 2 is 2.16 bits per heavy atom. The van der Waals surface area contributed by atoms with Crippen molar-refractivity contribution in [1.82, 2.24) is 10.6 Å². The summed E-state index contributed by atoms with van der Waals surface area (Å²) in [6.45, 7) is 6.11. The Bertz CT molecular complexity index is 366. The van der Waals surface area contributed by atoms with Crippen molar-refractivity contribution in [1.29, 1.82) is 0 Å². The quantitative estimate of drug-likeness (QED) is 0.440.